The maximum Gasteiger partial charge on any atom is 0.442 e. The van der Waals surface area contributed by atoms with Crippen LogP contribution >= 0.6 is 11.8 Å². The van der Waals surface area contributed by atoms with Crippen molar-refractivity contribution in [3.63, 3.8) is 0 Å². The molecule has 1 atom stereocenters. The monoisotopic (exact) mass is 371 g/mol. The number of benzene rings is 1. The lowest BCUT2D eigenvalue weighted by Gasteiger charge is -2.29. The van der Waals surface area contributed by atoms with Gasteiger partial charge in [0, 0.05) is 16.9 Å². The Bertz CT molecular complexity index is 774. The minimum atomic E-state index is -5.05. The van der Waals surface area contributed by atoms with Crippen LogP contribution in [0.25, 0.3) is 0 Å². The van der Waals surface area contributed by atoms with Crippen LogP contribution in [0.2, 0.25) is 0 Å². The van der Waals surface area contributed by atoms with E-state index in [9.17, 15) is 22.8 Å². The molecule has 5 nitrogen and oxygen atoms in total. The van der Waals surface area contributed by atoms with Crippen LogP contribution in [-0.2, 0) is 4.79 Å². The largest absolute Gasteiger partial charge is 0.442 e. The van der Waals surface area contributed by atoms with Gasteiger partial charge in [0.05, 0.1) is 0 Å². The van der Waals surface area contributed by atoms with Crippen LogP contribution in [0.3, 0.4) is 0 Å². The van der Waals surface area contributed by atoms with Gasteiger partial charge < -0.3 is 5.32 Å². The maximum atomic E-state index is 13.7. The molecule has 0 aromatic heterocycles. The summed E-state index contributed by atoms with van der Waals surface area (Å²) >= 11 is 1.09. The predicted molar refractivity (Wildman–Crippen MR) is 88.2 cm³/mol. The van der Waals surface area contributed by atoms with Crippen molar-refractivity contribution >= 4 is 28.7 Å². The van der Waals surface area contributed by atoms with Crippen LogP contribution in [0.5, 0.6) is 0 Å². The third-order valence-electron chi connectivity index (χ3n) is 3.97. The van der Waals surface area contributed by atoms with Gasteiger partial charge in [0.1, 0.15) is 0 Å². The minimum Gasteiger partial charge on any atom is -0.312 e. The highest BCUT2D eigenvalue weighted by atomic mass is 32.2. The third-order valence-corrected chi connectivity index (χ3v) is 5.15. The molecular formula is C16H16F3N3O2S. The Morgan fingerprint density at radius 2 is 1.88 bits per heavy atom. The van der Waals surface area contributed by atoms with E-state index >= 15 is 0 Å². The number of aliphatic imine (C=N–C) groups is 1. The number of hydrogen-bond acceptors (Lipinski definition) is 4. The van der Waals surface area contributed by atoms with Gasteiger partial charge in [0.15, 0.2) is 5.17 Å². The molecule has 2 aliphatic heterocycles. The summed E-state index contributed by atoms with van der Waals surface area (Å²) in [5, 5.41) is 1.80. The molecule has 0 aliphatic carbocycles. The van der Waals surface area contributed by atoms with Gasteiger partial charge in [0.2, 0.25) is 0 Å². The SMILES string of the molecule is Cc1ccc(C(=O)NC2(C(F)(F)F)N=C3SC(C)(C)CN3C2=O)cc1. The number of rotatable bonds is 2. The van der Waals surface area contributed by atoms with Crippen molar-refractivity contribution in [1.82, 2.24) is 10.2 Å². The van der Waals surface area contributed by atoms with Gasteiger partial charge in [-0.15, -0.1) is 0 Å². The Balaban J connectivity index is 1.97. The fourth-order valence-electron chi connectivity index (χ4n) is 2.69. The topological polar surface area (TPSA) is 61.8 Å². The van der Waals surface area contributed by atoms with Gasteiger partial charge >= 0.3 is 11.8 Å². The summed E-state index contributed by atoms with van der Waals surface area (Å²) in [7, 11) is 0. The molecule has 1 fully saturated rings. The van der Waals surface area contributed by atoms with E-state index in [-0.39, 0.29) is 17.3 Å². The Kier molecular flexibility index (Phi) is 3.90. The molecular weight excluding hydrogens is 355 g/mol. The number of carbonyl (C=O) groups is 2. The van der Waals surface area contributed by atoms with Crippen LogP contribution in [0.4, 0.5) is 13.2 Å². The summed E-state index contributed by atoms with van der Waals surface area (Å²) in [5.74, 6) is -2.27. The summed E-state index contributed by atoms with van der Waals surface area (Å²) in [5.41, 5.74) is -2.38. The number of amides is 2. The molecule has 9 heteroatoms. The average Bonchev–Trinajstić information content (AvgIpc) is 2.91. The van der Waals surface area contributed by atoms with E-state index < -0.39 is 28.4 Å². The lowest BCUT2D eigenvalue weighted by atomic mass is 10.1. The van der Waals surface area contributed by atoms with Gasteiger partial charge in [-0.3, -0.25) is 14.5 Å². The number of hydrogen-bond donors (Lipinski definition) is 1. The van der Waals surface area contributed by atoms with Gasteiger partial charge in [-0.25, -0.2) is 4.99 Å². The molecule has 1 unspecified atom stereocenters. The standard InChI is InChI=1S/C16H16F3N3O2S/c1-9-4-6-10(7-5-9)11(23)20-15(16(17,18)19)12(24)22-8-14(2,3)25-13(22)21-15/h4-7H,8H2,1-3H3,(H,20,23). The average molecular weight is 371 g/mol. The van der Waals surface area contributed by atoms with Crippen LogP contribution in [0.1, 0.15) is 29.8 Å². The summed E-state index contributed by atoms with van der Waals surface area (Å²) < 4.78 is 40.8. The van der Waals surface area contributed by atoms with Gasteiger partial charge in [0.25, 0.3) is 11.8 Å². The summed E-state index contributed by atoms with van der Waals surface area (Å²) in [6.45, 7) is 5.52. The van der Waals surface area contributed by atoms with Crippen molar-refractivity contribution in [2.24, 2.45) is 4.99 Å². The number of nitrogens with zero attached hydrogens (tertiary/aromatic N) is 2. The molecule has 3 rings (SSSR count). The van der Waals surface area contributed by atoms with E-state index in [0.717, 1.165) is 22.2 Å². The van der Waals surface area contributed by atoms with E-state index in [1.54, 1.807) is 19.1 Å². The second-order valence-electron chi connectivity index (χ2n) is 6.68. The highest BCUT2D eigenvalue weighted by Gasteiger charge is 2.68. The van der Waals surface area contributed by atoms with Crippen LogP contribution in [0.15, 0.2) is 29.3 Å². The number of halogens is 3. The number of aryl methyl sites for hydroxylation is 1. The number of alkyl halides is 3. The number of carbonyl (C=O) groups excluding carboxylic acids is 2. The third kappa shape index (κ3) is 2.90. The maximum absolute atomic E-state index is 13.7. The summed E-state index contributed by atoms with van der Waals surface area (Å²) in [4.78, 5) is 29.4. The van der Waals surface area contributed by atoms with Crippen LogP contribution in [0, 0.1) is 6.92 Å². The van der Waals surface area contributed by atoms with E-state index in [1.165, 1.54) is 12.1 Å². The second-order valence-corrected chi connectivity index (χ2v) is 8.35. The first kappa shape index (κ1) is 17.8. The van der Waals surface area contributed by atoms with Crippen LogP contribution < -0.4 is 5.32 Å². The Morgan fingerprint density at radius 3 is 2.40 bits per heavy atom. The molecule has 0 spiro atoms. The molecule has 25 heavy (non-hydrogen) atoms. The molecule has 0 saturated carbocycles. The van der Waals surface area contributed by atoms with Crippen molar-refractivity contribution in [3.05, 3.63) is 35.4 Å². The zero-order valence-electron chi connectivity index (χ0n) is 13.8. The molecule has 2 aliphatic rings. The normalized spacial score (nSPS) is 25.0. The molecule has 1 aromatic carbocycles. The zero-order valence-corrected chi connectivity index (χ0v) is 14.6. The quantitative estimate of drug-likeness (QED) is 0.870. The molecule has 1 aromatic rings. The molecule has 1 N–H and O–H groups in total. The van der Waals surface area contributed by atoms with Crippen molar-refractivity contribution in [3.8, 4) is 0 Å². The molecule has 0 bridgehead atoms. The second kappa shape index (κ2) is 5.48. The Labute approximate surface area is 146 Å². The number of amidine groups is 1. The van der Waals surface area contributed by atoms with Crippen molar-refractivity contribution in [2.45, 2.75) is 37.4 Å². The molecule has 134 valence electrons. The van der Waals surface area contributed by atoms with E-state index in [4.69, 9.17) is 0 Å². The number of fused-ring (bicyclic) bond motifs is 1. The number of thioether (sulfide) groups is 1. The fraction of sp³-hybridized carbons (Fsp3) is 0.438. The van der Waals surface area contributed by atoms with Crippen molar-refractivity contribution in [2.75, 3.05) is 6.54 Å². The first-order valence-corrected chi connectivity index (χ1v) is 8.34. The molecule has 2 heterocycles. The predicted octanol–water partition coefficient (Wildman–Crippen LogP) is 2.71. The van der Waals surface area contributed by atoms with E-state index in [2.05, 4.69) is 4.99 Å². The molecule has 0 radical (unpaired) electrons. The van der Waals surface area contributed by atoms with Gasteiger partial charge in [-0.1, -0.05) is 29.5 Å². The van der Waals surface area contributed by atoms with Gasteiger partial charge in [-0.05, 0) is 32.9 Å². The molecule has 2 amide bonds. The van der Waals surface area contributed by atoms with E-state index in [0.29, 0.717) is 0 Å². The first-order valence-electron chi connectivity index (χ1n) is 7.52. The van der Waals surface area contributed by atoms with Crippen molar-refractivity contribution in [1.29, 1.82) is 0 Å². The summed E-state index contributed by atoms with van der Waals surface area (Å²) in [6.07, 6.45) is -5.05. The summed E-state index contributed by atoms with van der Waals surface area (Å²) in [6, 6.07) is 6.02. The Hall–Kier alpha value is -2.03. The molecule has 1 saturated heterocycles. The lowest BCUT2D eigenvalue weighted by molar-refractivity contribution is -0.196. The minimum absolute atomic E-state index is 0.0171. The van der Waals surface area contributed by atoms with E-state index in [1.807, 2.05) is 19.2 Å². The lowest BCUT2D eigenvalue weighted by Crippen LogP contribution is -2.63. The van der Waals surface area contributed by atoms with Gasteiger partial charge in [-0.2, -0.15) is 13.2 Å². The number of nitrogens with one attached hydrogen (secondary N) is 1. The first-order chi connectivity index (χ1) is 11.5. The fourth-order valence-corrected chi connectivity index (χ4v) is 3.82. The zero-order chi connectivity index (χ0) is 18.6. The van der Waals surface area contributed by atoms with Crippen molar-refractivity contribution < 1.29 is 22.8 Å². The Morgan fingerprint density at radius 1 is 1.28 bits per heavy atom. The highest BCUT2D eigenvalue weighted by molar-refractivity contribution is 8.15. The highest BCUT2D eigenvalue weighted by Crippen LogP contribution is 2.45. The smallest absolute Gasteiger partial charge is 0.312 e. The van der Waals surface area contributed by atoms with Crippen LogP contribution in [-0.4, -0.2) is 45.0 Å².